The molecule has 3 aliphatic heterocycles. The summed E-state index contributed by atoms with van der Waals surface area (Å²) in [5.74, 6) is 0.424. The Labute approximate surface area is 196 Å². The Morgan fingerprint density at radius 1 is 1.03 bits per heavy atom. The number of pyridine rings is 2. The van der Waals surface area contributed by atoms with E-state index in [0.717, 1.165) is 48.3 Å². The Bertz CT molecular complexity index is 1240. The first kappa shape index (κ1) is 20.8. The van der Waals surface area contributed by atoms with Crippen LogP contribution in [0.5, 0.6) is 0 Å². The molecule has 0 saturated carbocycles. The number of anilines is 4. The van der Waals surface area contributed by atoms with E-state index < -0.39 is 12.0 Å². The number of rotatable bonds is 3. The number of nitrogens with zero attached hydrogens (tertiary/aromatic N) is 5. The van der Waals surface area contributed by atoms with Gasteiger partial charge >= 0.3 is 6.03 Å². The van der Waals surface area contributed by atoms with E-state index in [2.05, 4.69) is 15.2 Å². The second-order valence-corrected chi connectivity index (χ2v) is 8.97. The van der Waals surface area contributed by atoms with Gasteiger partial charge in [0.25, 0.3) is 0 Å². The van der Waals surface area contributed by atoms with Crippen molar-refractivity contribution in [2.75, 3.05) is 46.2 Å². The zero-order valence-corrected chi connectivity index (χ0v) is 18.5. The number of alkyl halides is 1. The first-order chi connectivity index (χ1) is 16.5. The molecule has 0 aliphatic carbocycles. The number of hydrogen-bond acceptors (Lipinski definition) is 5. The summed E-state index contributed by atoms with van der Waals surface area (Å²) in [5.41, 5.74) is 3.54. The minimum absolute atomic E-state index is 0.00637. The molecule has 1 N–H and O–H groups in total. The van der Waals surface area contributed by atoms with Crippen LogP contribution < -0.4 is 20.0 Å². The number of fused-ring (bicyclic) bond motifs is 4. The predicted octanol–water partition coefficient (Wildman–Crippen LogP) is 4.46. The number of carbonyl (C=O) groups is 1. The predicted molar refractivity (Wildman–Crippen MR) is 128 cm³/mol. The largest absolute Gasteiger partial charge is 0.368 e. The van der Waals surface area contributed by atoms with Crippen molar-refractivity contribution in [1.29, 1.82) is 0 Å². The Morgan fingerprint density at radius 2 is 1.91 bits per heavy atom. The summed E-state index contributed by atoms with van der Waals surface area (Å²) in [7, 11) is 0. The van der Waals surface area contributed by atoms with E-state index in [9.17, 15) is 13.6 Å². The molecule has 174 valence electrons. The quantitative estimate of drug-likeness (QED) is 0.623. The first-order valence-electron chi connectivity index (χ1n) is 11.5. The molecule has 5 heterocycles. The van der Waals surface area contributed by atoms with Gasteiger partial charge in [0.2, 0.25) is 0 Å². The lowest BCUT2D eigenvalue weighted by Gasteiger charge is -2.35. The Kier molecular flexibility index (Phi) is 5.04. The molecule has 0 spiro atoms. The van der Waals surface area contributed by atoms with Crippen molar-refractivity contribution >= 4 is 29.0 Å². The minimum atomic E-state index is -0.794. The van der Waals surface area contributed by atoms with Crippen molar-refractivity contribution in [3.05, 3.63) is 60.5 Å². The summed E-state index contributed by atoms with van der Waals surface area (Å²) in [4.78, 5) is 28.2. The summed E-state index contributed by atoms with van der Waals surface area (Å²) in [6.45, 7) is 2.70. The molecular formula is C25H24F2N6O. The van der Waals surface area contributed by atoms with Crippen molar-refractivity contribution in [1.82, 2.24) is 9.97 Å². The van der Waals surface area contributed by atoms with E-state index in [0.29, 0.717) is 25.3 Å². The highest BCUT2D eigenvalue weighted by Crippen LogP contribution is 2.40. The minimum Gasteiger partial charge on any atom is -0.368 e. The molecule has 0 unspecified atom stereocenters. The van der Waals surface area contributed by atoms with Crippen molar-refractivity contribution in [3.8, 4) is 11.3 Å². The summed E-state index contributed by atoms with van der Waals surface area (Å²) in [6, 6.07) is 14.3. The van der Waals surface area contributed by atoms with Gasteiger partial charge in [-0.1, -0.05) is 12.1 Å². The van der Waals surface area contributed by atoms with Crippen molar-refractivity contribution < 1.29 is 13.6 Å². The molecule has 2 aromatic heterocycles. The molecule has 3 aromatic rings. The van der Waals surface area contributed by atoms with Gasteiger partial charge in [0.15, 0.2) is 5.82 Å². The lowest BCUT2D eigenvalue weighted by molar-refractivity contribution is 0.254. The molecule has 6 rings (SSSR count). The second-order valence-electron chi connectivity index (χ2n) is 8.97. The molecule has 34 heavy (non-hydrogen) atoms. The Hall–Kier alpha value is -3.75. The van der Waals surface area contributed by atoms with Gasteiger partial charge in [0, 0.05) is 37.4 Å². The number of aromatic nitrogens is 2. The van der Waals surface area contributed by atoms with Gasteiger partial charge in [-0.15, -0.1) is 0 Å². The fourth-order valence-electron chi connectivity index (χ4n) is 5.07. The van der Waals surface area contributed by atoms with Crippen LogP contribution in [0.2, 0.25) is 0 Å². The average molecular weight is 463 g/mol. The highest BCUT2D eigenvalue weighted by atomic mass is 19.1. The first-order valence-corrected chi connectivity index (χ1v) is 11.5. The molecule has 2 amide bonds. The van der Waals surface area contributed by atoms with Crippen LogP contribution in [-0.4, -0.2) is 54.4 Å². The average Bonchev–Trinajstić information content (AvgIpc) is 3.48. The Morgan fingerprint density at radius 3 is 2.71 bits per heavy atom. The zero-order chi connectivity index (χ0) is 23.2. The number of amides is 2. The van der Waals surface area contributed by atoms with Crippen molar-refractivity contribution in [2.45, 2.75) is 25.1 Å². The third-order valence-corrected chi connectivity index (χ3v) is 6.77. The van der Waals surface area contributed by atoms with Crippen LogP contribution >= 0.6 is 0 Å². The molecule has 2 fully saturated rings. The number of halogens is 2. The van der Waals surface area contributed by atoms with Crippen LogP contribution in [0.4, 0.5) is 36.6 Å². The number of carbonyl (C=O) groups excluding carboxylic acids is 1. The maximum Gasteiger partial charge on any atom is 0.329 e. The normalized spacial score (nSPS) is 21.1. The smallest absolute Gasteiger partial charge is 0.329 e. The molecule has 7 nitrogen and oxygen atoms in total. The molecule has 2 bridgehead atoms. The zero-order valence-electron chi connectivity index (χ0n) is 18.5. The van der Waals surface area contributed by atoms with Gasteiger partial charge < -0.3 is 9.80 Å². The molecular weight excluding hydrogens is 438 g/mol. The maximum absolute atomic E-state index is 13.7. The van der Waals surface area contributed by atoms with Crippen molar-refractivity contribution in [2.24, 2.45) is 0 Å². The third kappa shape index (κ3) is 3.70. The van der Waals surface area contributed by atoms with E-state index in [1.807, 2.05) is 41.3 Å². The number of nitrogens with one attached hydrogen (secondary N) is 1. The number of benzene rings is 1. The highest BCUT2D eigenvalue weighted by Gasteiger charge is 2.40. The highest BCUT2D eigenvalue weighted by molar-refractivity contribution is 6.04. The van der Waals surface area contributed by atoms with Crippen LogP contribution in [0.15, 0.2) is 54.7 Å². The molecule has 1 aromatic carbocycles. The van der Waals surface area contributed by atoms with Crippen molar-refractivity contribution in [3.63, 3.8) is 0 Å². The summed E-state index contributed by atoms with van der Waals surface area (Å²) in [5, 5.41) is 2.78. The summed E-state index contributed by atoms with van der Waals surface area (Å²) < 4.78 is 26.9. The van der Waals surface area contributed by atoms with Gasteiger partial charge in [-0.3, -0.25) is 10.2 Å². The third-order valence-electron chi connectivity index (χ3n) is 6.77. The molecule has 9 heteroatoms. The van der Waals surface area contributed by atoms with E-state index in [-0.39, 0.29) is 17.9 Å². The summed E-state index contributed by atoms with van der Waals surface area (Å²) in [6.07, 6.45) is 1.67. The van der Waals surface area contributed by atoms with Gasteiger partial charge in [-0.2, -0.15) is 0 Å². The molecule has 3 aliphatic rings. The van der Waals surface area contributed by atoms with Crippen LogP contribution in [0.3, 0.4) is 0 Å². The molecule has 0 radical (unpaired) electrons. The fourth-order valence-corrected chi connectivity index (χ4v) is 5.07. The Balaban J connectivity index is 1.33. The van der Waals surface area contributed by atoms with Crippen LogP contribution in [-0.2, 0) is 0 Å². The SMILES string of the molecule is O=C(Nc1ccc(F)cn1)N1c2nc(-c3cccc(N4CC[C@@H](F)C4)c3)ccc2N2CC[C@H]1C2. The van der Waals surface area contributed by atoms with Gasteiger partial charge in [-0.25, -0.2) is 23.5 Å². The number of hydrogen-bond donors (Lipinski definition) is 1. The standard InChI is InChI=1S/C25H24F2N6O/c26-17-4-7-23(28-13-17)30-25(34)33-20-9-11-32(15-20)22-6-5-21(29-24(22)33)16-2-1-3-19(12-16)31-10-8-18(27)14-31/h1-7,12-13,18,20H,8-11,14-15H2,(H,28,30,34)/t18-,20+/m1/s1. The van der Waals surface area contributed by atoms with Gasteiger partial charge in [0.1, 0.15) is 17.8 Å². The lowest BCUT2D eigenvalue weighted by atomic mass is 10.1. The topological polar surface area (TPSA) is 64.6 Å². The molecule has 2 atom stereocenters. The lowest BCUT2D eigenvalue weighted by Crippen LogP contribution is -2.48. The monoisotopic (exact) mass is 462 g/mol. The maximum atomic E-state index is 13.7. The van der Waals surface area contributed by atoms with E-state index >= 15 is 0 Å². The van der Waals surface area contributed by atoms with Crippen LogP contribution in [0.25, 0.3) is 11.3 Å². The second kappa shape index (κ2) is 8.23. The molecule has 2 saturated heterocycles. The van der Waals surface area contributed by atoms with Gasteiger partial charge in [0.05, 0.1) is 23.6 Å². The number of urea groups is 1. The fraction of sp³-hybridized carbons (Fsp3) is 0.320. The summed E-state index contributed by atoms with van der Waals surface area (Å²) >= 11 is 0. The van der Waals surface area contributed by atoms with E-state index in [4.69, 9.17) is 4.98 Å². The van der Waals surface area contributed by atoms with E-state index in [1.54, 1.807) is 4.90 Å². The van der Waals surface area contributed by atoms with Crippen LogP contribution in [0.1, 0.15) is 12.8 Å². The van der Waals surface area contributed by atoms with Crippen LogP contribution in [0, 0.1) is 5.82 Å². The van der Waals surface area contributed by atoms with Gasteiger partial charge in [-0.05, 0) is 49.2 Å². The van der Waals surface area contributed by atoms with E-state index in [1.165, 1.54) is 12.1 Å².